The van der Waals surface area contributed by atoms with Crippen LogP contribution in [-0.2, 0) is 0 Å². The topological polar surface area (TPSA) is 42.2 Å². The van der Waals surface area contributed by atoms with Gasteiger partial charge in [0.05, 0.1) is 6.20 Å². The number of hydrogen-bond acceptors (Lipinski definition) is 4. The van der Waals surface area contributed by atoms with Crippen LogP contribution in [0.5, 0.6) is 0 Å². The van der Waals surface area contributed by atoms with Gasteiger partial charge in [0.25, 0.3) is 0 Å². The highest BCUT2D eigenvalue weighted by Gasteiger charge is 2.09. The zero-order chi connectivity index (χ0) is 13.2. The van der Waals surface area contributed by atoms with E-state index in [2.05, 4.69) is 34.3 Å². The predicted octanol–water partition coefficient (Wildman–Crippen LogP) is 3.23. The molecule has 0 fully saturated rings. The molecule has 0 saturated carbocycles. The molecule has 0 amide bonds. The number of aromatic nitrogens is 3. The first-order valence-corrected chi connectivity index (χ1v) is 6.84. The molecule has 0 radical (unpaired) electrons. The van der Waals surface area contributed by atoms with Gasteiger partial charge in [-0.25, -0.2) is 9.97 Å². The van der Waals surface area contributed by atoms with Crippen LogP contribution in [0.4, 0.5) is 5.82 Å². The molecule has 2 aromatic heterocycles. The first-order valence-electron chi connectivity index (χ1n) is 6.03. The van der Waals surface area contributed by atoms with E-state index in [1.165, 1.54) is 10.5 Å². The second kappa shape index (κ2) is 4.93. The summed E-state index contributed by atoms with van der Waals surface area (Å²) >= 11 is 1.64. The minimum absolute atomic E-state index is 0.835. The Hall–Kier alpha value is -2.01. The summed E-state index contributed by atoms with van der Waals surface area (Å²) in [5.74, 6) is 0.835. The number of rotatable bonds is 3. The van der Waals surface area contributed by atoms with E-state index >= 15 is 0 Å². The summed E-state index contributed by atoms with van der Waals surface area (Å²) in [7, 11) is 1.87. The van der Waals surface area contributed by atoms with Gasteiger partial charge in [0.2, 0.25) is 0 Å². The van der Waals surface area contributed by atoms with Crippen LogP contribution in [0.15, 0.2) is 52.8 Å². The molecule has 0 unspecified atom stereocenters. The molecule has 4 nitrogen and oxygen atoms in total. The maximum Gasteiger partial charge on any atom is 0.170 e. The average Bonchev–Trinajstić information content (AvgIpc) is 2.89. The van der Waals surface area contributed by atoms with Gasteiger partial charge >= 0.3 is 0 Å². The summed E-state index contributed by atoms with van der Waals surface area (Å²) in [4.78, 5) is 10.2. The molecule has 3 rings (SSSR count). The third kappa shape index (κ3) is 2.29. The highest BCUT2D eigenvalue weighted by molar-refractivity contribution is 7.99. The molecule has 0 aliphatic heterocycles. The zero-order valence-corrected chi connectivity index (χ0v) is 11.6. The number of hydrogen-bond donors (Lipinski definition) is 1. The van der Waals surface area contributed by atoms with Crippen molar-refractivity contribution in [1.29, 1.82) is 0 Å². The van der Waals surface area contributed by atoms with Crippen LogP contribution in [-0.4, -0.2) is 21.4 Å². The van der Waals surface area contributed by atoms with Gasteiger partial charge < -0.3 is 9.72 Å². The van der Waals surface area contributed by atoms with E-state index in [1.54, 1.807) is 18.0 Å². The third-order valence-corrected chi connectivity index (χ3v) is 4.04. The number of anilines is 1. The average molecular weight is 270 g/mol. The quantitative estimate of drug-likeness (QED) is 0.793. The molecule has 0 aliphatic rings. The number of nitrogens with one attached hydrogen (secondary N) is 1. The highest BCUT2D eigenvalue weighted by atomic mass is 32.2. The fraction of sp³-hybridized carbons (Fsp3) is 0.143. The fourth-order valence-electron chi connectivity index (χ4n) is 1.87. The smallest absolute Gasteiger partial charge is 0.170 e. The van der Waals surface area contributed by atoms with E-state index in [9.17, 15) is 0 Å². The maximum atomic E-state index is 4.60. The van der Waals surface area contributed by atoms with Gasteiger partial charge in [-0.15, -0.1) is 0 Å². The van der Waals surface area contributed by atoms with E-state index in [4.69, 9.17) is 0 Å². The van der Waals surface area contributed by atoms with Crippen molar-refractivity contribution in [2.45, 2.75) is 16.8 Å². The van der Waals surface area contributed by atoms with Crippen molar-refractivity contribution in [2.24, 2.45) is 0 Å². The summed E-state index contributed by atoms with van der Waals surface area (Å²) in [6, 6.07) is 8.29. The molecule has 0 aliphatic carbocycles. The summed E-state index contributed by atoms with van der Waals surface area (Å²) in [6.07, 6.45) is 5.66. The van der Waals surface area contributed by atoms with Gasteiger partial charge in [0, 0.05) is 24.3 Å². The number of nitrogens with zero attached hydrogens (tertiary/aromatic N) is 3. The lowest BCUT2D eigenvalue weighted by Crippen LogP contribution is -1.98. The molecule has 1 N–H and O–H groups in total. The standard InChI is InChI=1S/C14H14N4S/c1-10-5-3-4-6-11(10)19-14-13-16-7-8-18(13)9-12(15-2)17-14/h3-9,15H,1-2H3. The van der Waals surface area contributed by atoms with Gasteiger partial charge in [-0.1, -0.05) is 30.0 Å². The maximum absolute atomic E-state index is 4.60. The fourth-order valence-corrected chi connectivity index (χ4v) is 2.84. The second-order valence-electron chi connectivity index (χ2n) is 4.21. The van der Waals surface area contributed by atoms with Crippen molar-refractivity contribution in [3.05, 3.63) is 48.4 Å². The van der Waals surface area contributed by atoms with Crippen LogP contribution in [0.3, 0.4) is 0 Å². The van der Waals surface area contributed by atoms with Crippen molar-refractivity contribution in [1.82, 2.24) is 14.4 Å². The van der Waals surface area contributed by atoms with E-state index in [1.807, 2.05) is 36.0 Å². The molecule has 0 atom stereocenters. The molecule has 0 bridgehead atoms. The lowest BCUT2D eigenvalue weighted by molar-refractivity contribution is 1.03. The van der Waals surface area contributed by atoms with Crippen LogP contribution >= 0.6 is 11.8 Å². The van der Waals surface area contributed by atoms with Crippen molar-refractivity contribution < 1.29 is 0 Å². The van der Waals surface area contributed by atoms with Gasteiger partial charge in [0.15, 0.2) is 5.65 Å². The Balaban J connectivity index is 2.09. The lowest BCUT2D eigenvalue weighted by Gasteiger charge is -2.08. The Morgan fingerprint density at radius 2 is 2.11 bits per heavy atom. The largest absolute Gasteiger partial charge is 0.372 e. The molecular formula is C14H14N4S. The van der Waals surface area contributed by atoms with Crippen LogP contribution in [0.2, 0.25) is 0 Å². The van der Waals surface area contributed by atoms with E-state index in [-0.39, 0.29) is 0 Å². The predicted molar refractivity (Wildman–Crippen MR) is 77.8 cm³/mol. The monoisotopic (exact) mass is 270 g/mol. The van der Waals surface area contributed by atoms with Crippen LogP contribution in [0, 0.1) is 6.92 Å². The highest BCUT2D eigenvalue weighted by Crippen LogP contribution is 2.31. The number of aryl methyl sites for hydroxylation is 1. The lowest BCUT2D eigenvalue weighted by atomic mass is 10.2. The van der Waals surface area contributed by atoms with Crippen molar-refractivity contribution in [3.63, 3.8) is 0 Å². The first kappa shape index (κ1) is 12.0. The number of benzene rings is 1. The van der Waals surface area contributed by atoms with E-state index < -0.39 is 0 Å². The Bertz CT molecular complexity index is 720. The van der Waals surface area contributed by atoms with Crippen molar-refractivity contribution in [3.8, 4) is 0 Å². The number of imidazole rings is 1. The SMILES string of the molecule is CNc1cn2ccnc2c(Sc2ccccc2C)n1. The summed E-state index contributed by atoms with van der Waals surface area (Å²) in [6.45, 7) is 2.10. The number of fused-ring (bicyclic) bond motifs is 1. The summed E-state index contributed by atoms with van der Waals surface area (Å²) in [5.41, 5.74) is 2.13. The van der Waals surface area contributed by atoms with Crippen LogP contribution in [0.25, 0.3) is 5.65 Å². The molecule has 5 heteroatoms. The Morgan fingerprint density at radius 1 is 1.26 bits per heavy atom. The van der Waals surface area contributed by atoms with Crippen LogP contribution in [0.1, 0.15) is 5.56 Å². The molecule has 0 spiro atoms. The van der Waals surface area contributed by atoms with Gasteiger partial charge in [-0.05, 0) is 18.6 Å². The second-order valence-corrected chi connectivity index (χ2v) is 5.24. The van der Waals surface area contributed by atoms with Gasteiger partial charge in [-0.2, -0.15) is 0 Å². The van der Waals surface area contributed by atoms with Crippen molar-refractivity contribution >= 4 is 23.2 Å². The zero-order valence-electron chi connectivity index (χ0n) is 10.8. The van der Waals surface area contributed by atoms with Gasteiger partial charge in [-0.3, -0.25) is 0 Å². The normalized spacial score (nSPS) is 10.8. The molecule has 19 heavy (non-hydrogen) atoms. The molecule has 1 aromatic carbocycles. The Morgan fingerprint density at radius 3 is 2.89 bits per heavy atom. The van der Waals surface area contributed by atoms with E-state index in [0.717, 1.165) is 16.5 Å². The Labute approximate surface area is 115 Å². The molecule has 2 heterocycles. The minimum atomic E-state index is 0.835. The minimum Gasteiger partial charge on any atom is -0.372 e. The molecule has 0 saturated heterocycles. The summed E-state index contributed by atoms with van der Waals surface area (Å²) < 4.78 is 1.99. The molecular weight excluding hydrogens is 256 g/mol. The molecule has 96 valence electrons. The Kier molecular flexibility index (Phi) is 3.13. The summed E-state index contributed by atoms with van der Waals surface area (Å²) in [5, 5.41) is 3.99. The first-order chi connectivity index (χ1) is 9.28. The van der Waals surface area contributed by atoms with Gasteiger partial charge in [0.1, 0.15) is 10.8 Å². The molecule has 3 aromatic rings. The van der Waals surface area contributed by atoms with Crippen molar-refractivity contribution in [2.75, 3.05) is 12.4 Å². The van der Waals surface area contributed by atoms with E-state index in [0.29, 0.717) is 0 Å². The third-order valence-electron chi connectivity index (χ3n) is 2.90. The van der Waals surface area contributed by atoms with Crippen LogP contribution < -0.4 is 5.32 Å².